The molecule has 0 amide bonds. The molecule has 1 atom stereocenters. The van der Waals surface area contributed by atoms with E-state index in [1.807, 2.05) is 19.0 Å². The smallest absolute Gasteiger partial charge is 0.265 e. The summed E-state index contributed by atoms with van der Waals surface area (Å²) in [5.41, 5.74) is 0. The van der Waals surface area contributed by atoms with Crippen LogP contribution in [-0.4, -0.2) is 56.3 Å². The van der Waals surface area contributed by atoms with E-state index < -0.39 is 12.5 Å². The molecule has 12 heavy (non-hydrogen) atoms. The molecule has 0 heterocycles. The normalized spacial score (nSPS) is 14.2. The lowest BCUT2D eigenvalue weighted by molar-refractivity contribution is -0.00326. The van der Waals surface area contributed by atoms with Gasteiger partial charge < -0.3 is 15.3 Å². The summed E-state index contributed by atoms with van der Waals surface area (Å²) >= 11 is 0. The molecule has 0 aliphatic rings. The number of aliphatic hydroxyl groups excluding tert-OH is 1. The Hall–Kier alpha value is -0.260. The van der Waals surface area contributed by atoms with Gasteiger partial charge in [-0.25, -0.2) is 8.78 Å². The molecule has 74 valence electrons. The zero-order valence-electron chi connectivity index (χ0n) is 7.43. The van der Waals surface area contributed by atoms with E-state index in [2.05, 4.69) is 5.32 Å². The first-order valence-electron chi connectivity index (χ1n) is 3.85. The molecule has 0 radical (unpaired) electrons. The molecule has 0 spiro atoms. The number of nitrogens with zero attached hydrogens (tertiary/aromatic N) is 1. The topological polar surface area (TPSA) is 35.5 Å². The number of rotatable bonds is 6. The summed E-state index contributed by atoms with van der Waals surface area (Å²) in [4.78, 5) is 1.93. The highest BCUT2D eigenvalue weighted by Gasteiger charge is 2.15. The Morgan fingerprint density at radius 3 is 2.42 bits per heavy atom. The Kier molecular flexibility index (Phi) is 6.14. The maximum Gasteiger partial charge on any atom is 0.265 e. The van der Waals surface area contributed by atoms with E-state index in [4.69, 9.17) is 5.11 Å². The molecule has 2 N–H and O–H groups in total. The number of hydrogen-bond donors (Lipinski definition) is 2. The van der Waals surface area contributed by atoms with Crippen LogP contribution in [0.25, 0.3) is 0 Å². The second-order valence-corrected chi connectivity index (χ2v) is 2.91. The molecule has 3 nitrogen and oxygen atoms in total. The highest BCUT2D eigenvalue weighted by atomic mass is 19.3. The maximum absolute atomic E-state index is 11.7. The molecule has 0 fully saturated rings. The monoisotopic (exact) mass is 182 g/mol. The van der Waals surface area contributed by atoms with Gasteiger partial charge in [0.1, 0.15) is 6.10 Å². The summed E-state index contributed by atoms with van der Waals surface area (Å²) in [7, 11) is 3.79. The number of alkyl halides is 2. The van der Waals surface area contributed by atoms with E-state index in [1.54, 1.807) is 0 Å². The van der Waals surface area contributed by atoms with E-state index in [0.29, 0.717) is 6.54 Å². The van der Waals surface area contributed by atoms with Crippen LogP contribution in [0, 0.1) is 0 Å². The van der Waals surface area contributed by atoms with Crippen LogP contribution in [0.1, 0.15) is 0 Å². The van der Waals surface area contributed by atoms with Crippen LogP contribution in [0.3, 0.4) is 0 Å². The van der Waals surface area contributed by atoms with Crippen molar-refractivity contribution >= 4 is 0 Å². The molecule has 5 heteroatoms. The Bertz CT molecular complexity index is 112. The van der Waals surface area contributed by atoms with Crippen molar-refractivity contribution in [3.63, 3.8) is 0 Å². The average molecular weight is 182 g/mol. The number of halogens is 2. The van der Waals surface area contributed by atoms with Crippen LogP contribution in [0.2, 0.25) is 0 Å². The second-order valence-electron chi connectivity index (χ2n) is 2.91. The minimum absolute atomic E-state index is 0.0501. The Morgan fingerprint density at radius 2 is 2.00 bits per heavy atom. The van der Waals surface area contributed by atoms with Gasteiger partial charge in [-0.1, -0.05) is 0 Å². The predicted molar refractivity (Wildman–Crippen MR) is 43.4 cm³/mol. The van der Waals surface area contributed by atoms with Gasteiger partial charge in [0.05, 0.1) is 0 Å². The lowest BCUT2D eigenvalue weighted by Gasteiger charge is -2.12. The summed E-state index contributed by atoms with van der Waals surface area (Å²) in [5.74, 6) is 0. The largest absolute Gasteiger partial charge is 0.386 e. The molecule has 0 aromatic heterocycles. The van der Waals surface area contributed by atoms with E-state index in [1.165, 1.54) is 0 Å². The third-order valence-electron chi connectivity index (χ3n) is 1.38. The summed E-state index contributed by atoms with van der Waals surface area (Å²) < 4.78 is 23.4. The zero-order chi connectivity index (χ0) is 9.56. The molecule has 0 aromatic rings. The highest BCUT2D eigenvalue weighted by molar-refractivity contribution is 4.61. The van der Waals surface area contributed by atoms with Crippen molar-refractivity contribution in [1.82, 2.24) is 10.2 Å². The van der Waals surface area contributed by atoms with E-state index in [-0.39, 0.29) is 6.54 Å². The lowest BCUT2D eigenvalue weighted by Crippen LogP contribution is -2.35. The van der Waals surface area contributed by atoms with Crippen LogP contribution >= 0.6 is 0 Å². The first kappa shape index (κ1) is 11.7. The van der Waals surface area contributed by atoms with Crippen LogP contribution in [0.15, 0.2) is 0 Å². The van der Waals surface area contributed by atoms with Crippen LogP contribution in [0.5, 0.6) is 0 Å². The highest BCUT2D eigenvalue weighted by Crippen LogP contribution is 1.97. The van der Waals surface area contributed by atoms with Gasteiger partial charge in [0.2, 0.25) is 0 Å². The molecular formula is C7H16F2N2O. The predicted octanol–water partition coefficient (Wildman–Crippen LogP) is -0.236. The first-order valence-corrected chi connectivity index (χ1v) is 3.85. The van der Waals surface area contributed by atoms with Gasteiger partial charge in [-0.05, 0) is 14.1 Å². The fourth-order valence-electron chi connectivity index (χ4n) is 0.642. The van der Waals surface area contributed by atoms with E-state index >= 15 is 0 Å². The van der Waals surface area contributed by atoms with Gasteiger partial charge in [0, 0.05) is 19.6 Å². The van der Waals surface area contributed by atoms with Crippen LogP contribution in [0.4, 0.5) is 8.78 Å². The molecule has 0 rings (SSSR count). The molecule has 0 saturated heterocycles. The zero-order valence-corrected chi connectivity index (χ0v) is 7.43. The molecule has 0 aromatic carbocycles. The van der Waals surface area contributed by atoms with Crippen molar-refractivity contribution in [3.8, 4) is 0 Å². The van der Waals surface area contributed by atoms with Gasteiger partial charge in [0.25, 0.3) is 6.43 Å². The third-order valence-corrected chi connectivity index (χ3v) is 1.38. The molecule has 0 saturated carbocycles. The third kappa shape index (κ3) is 6.45. The SMILES string of the molecule is CN(C)CCNCC(O)C(F)F. The van der Waals surface area contributed by atoms with Gasteiger partial charge in [-0.3, -0.25) is 0 Å². The van der Waals surface area contributed by atoms with Crippen molar-refractivity contribution in [2.75, 3.05) is 33.7 Å². The summed E-state index contributed by atoms with van der Waals surface area (Å²) in [6.07, 6.45) is -4.20. The summed E-state index contributed by atoms with van der Waals surface area (Å²) in [5, 5.41) is 11.4. The van der Waals surface area contributed by atoms with Crippen LogP contribution in [-0.2, 0) is 0 Å². The van der Waals surface area contributed by atoms with Gasteiger partial charge >= 0.3 is 0 Å². The summed E-state index contributed by atoms with van der Waals surface area (Å²) in [6, 6.07) is 0. The number of likely N-dealkylation sites (N-methyl/N-ethyl adjacent to an activating group) is 1. The van der Waals surface area contributed by atoms with E-state index in [0.717, 1.165) is 6.54 Å². The fraction of sp³-hybridized carbons (Fsp3) is 1.00. The van der Waals surface area contributed by atoms with Crippen molar-refractivity contribution in [2.24, 2.45) is 0 Å². The minimum Gasteiger partial charge on any atom is -0.386 e. The Labute approximate surface area is 71.4 Å². The van der Waals surface area contributed by atoms with Crippen molar-refractivity contribution in [2.45, 2.75) is 12.5 Å². The molecule has 0 aliphatic carbocycles. The first-order chi connectivity index (χ1) is 5.54. The number of aliphatic hydroxyl groups is 1. The van der Waals surface area contributed by atoms with Crippen molar-refractivity contribution in [1.29, 1.82) is 0 Å². The van der Waals surface area contributed by atoms with Gasteiger partial charge in [-0.2, -0.15) is 0 Å². The quantitative estimate of drug-likeness (QED) is 0.557. The fourth-order valence-corrected chi connectivity index (χ4v) is 0.642. The standard InChI is InChI=1S/C7H16F2N2O/c1-11(2)4-3-10-5-6(12)7(8)9/h6-7,10,12H,3-5H2,1-2H3. The molecule has 0 bridgehead atoms. The Morgan fingerprint density at radius 1 is 1.42 bits per heavy atom. The summed E-state index contributed by atoms with van der Waals surface area (Å²) in [6.45, 7) is 1.33. The number of nitrogens with one attached hydrogen (secondary N) is 1. The van der Waals surface area contributed by atoms with Crippen molar-refractivity contribution < 1.29 is 13.9 Å². The lowest BCUT2D eigenvalue weighted by atomic mass is 10.3. The number of hydrogen-bond acceptors (Lipinski definition) is 3. The Balaban J connectivity index is 3.20. The van der Waals surface area contributed by atoms with E-state index in [9.17, 15) is 8.78 Å². The molecular weight excluding hydrogens is 166 g/mol. The van der Waals surface area contributed by atoms with Gasteiger partial charge in [-0.15, -0.1) is 0 Å². The van der Waals surface area contributed by atoms with Crippen molar-refractivity contribution in [3.05, 3.63) is 0 Å². The minimum atomic E-state index is -2.66. The molecule has 0 aliphatic heterocycles. The maximum atomic E-state index is 11.7. The van der Waals surface area contributed by atoms with Gasteiger partial charge in [0.15, 0.2) is 0 Å². The average Bonchev–Trinajstić information content (AvgIpc) is 1.97. The van der Waals surface area contributed by atoms with Crippen LogP contribution < -0.4 is 5.32 Å². The second kappa shape index (κ2) is 6.28. The molecule has 1 unspecified atom stereocenters.